The highest BCUT2D eigenvalue weighted by molar-refractivity contribution is 6.34. The van der Waals surface area contributed by atoms with Crippen LogP contribution in [0.25, 0.3) is 5.69 Å². The SMILES string of the molecule is O=C(Nc1ccc(-n2nc(C(F)(F)F)cc2C2CC2)cc1)c1ncc(Cl)nc1Cl. The fourth-order valence-electron chi connectivity index (χ4n) is 2.79. The van der Waals surface area contributed by atoms with Gasteiger partial charge >= 0.3 is 6.18 Å². The number of alkyl halides is 3. The summed E-state index contributed by atoms with van der Waals surface area (Å²) in [5.74, 6) is -0.521. The first-order chi connectivity index (χ1) is 13.7. The average molecular weight is 442 g/mol. The Morgan fingerprint density at radius 3 is 2.45 bits per heavy atom. The Morgan fingerprint density at radius 1 is 1.17 bits per heavy atom. The predicted octanol–water partition coefficient (Wildman–Crippen LogP) is 5.12. The van der Waals surface area contributed by atoms with Crippen LogP contribution in [0.2, 0.25) is 10.3 Å². The Balaban J connectivity index is 1.57. The van der Waals surface area contributed by atoms with E-state index in [0.717, 1.165) is 18.9 Å². The van der Waals surface area contributed by atoms with Gasteiger partial charge in [0.15, 0.2) is 16.5 Å². The van der Waals surface area contributed by atoms with Crippen LogP contribution in [0, 0.1) is 0 Å². The molecule has 6 nitrogen and oxygen atoms in total. The van der Waals surface area contributed by atoms with E-state index in [2.05, 4.69) is 20.4 Å². The molecular formula is C18H12Cl2F3N5O. The maximum absolute atomic E-state index is 13.1. The van der Waals surface area contributed by atoms with Crippen LogP contribution >= 0.6 is 23.2 Å². The molecule has 2 aromatic heterocycles. The lowest BCUT2D eigenvalue weighted by molar-refractivity contribution is -0.141. The van der Waals surface area contributed by atoms with Gasteiger partial charge in [0, 0.05) is 17.3 Å². The van der Waals surface area contributed by atoms with E-state index in [9.17, 15) is 18.0 Å². The number of nitrogens with zero attached hydrogens (tertiary/aromatic N) is 4. The monoisotopic (exact) mass is 441 g/mol. The van der Waals surface area contributed by atoms with Gasteiger partial charge in [0.1, 0.15) is 5.15 Å². The Morgan fingerprint density at radius 2 is 1.86 bits per heavy atom. The highest BCUT2D eigenvalue weighted by Gasteiger charge is 2.38. The van der Waals surface area contributed by atoms with Crippen molar-refractivity contribution < 1.29 is 18.0 Å². The number of benzene rings is 1. The second kappa shape index (κ2) is 7.31. The van der Waals surface area contributed by atoms with Crippen LogP contribution in [-0.4, -0.2) is 25.7 Å². The molecule has 0 bridgehead atoms. The first-order valence-corrected chi connectivity index (χ1v) is 9.25. The highest BCUT2D eigenvalue weighted by Crippen LogP contribution is 2.43. The van der Waals surface area contributed by atoms with Crippen LogP contribution in [0.1, 0.15) is 40.6 Å². The molecule has 0 unspecified atom stereocenters. The Bertz CT molecular complexity index is 1080. The zero-order valence-electron chi connectivity index (χ0n) is 14.5. The van der Waals surface area contributed by atoms with E-state index in [1.54, 1.807) is 24.3 Å². The van der Waals surface area contributed by atoms with Gasteiger partial charge in [-0.1, -0.05) is 23.2 Å². The lowest BCUT2D eigenvalue weighted by Crippen LogP contribution is -2.15. The molecule has 1 aliphatic rings. The predicted molar refractivity (Wildman–Crippen MR) is 101 cm³/mol. The molecule has 3 aromatic rings. The molecular weight excluding hydrogens is 430 g/mol. The third kappa shape index (κ3) is 4.20. The second-order valence-corrected chi connectivity index (χ2v) is 7.22. The van der Waals surface area contributed by atoms with Crippen molar-refractivity contribution in [3.63, 3.8) is 0 Å². The van der Waals surface area contributed by atoms with E-state index in [1.165, 1.54) is 10.9 Å². The lowest BCUT2D eigenvalue weighted by atomic mass is 10.2. The van der Waals surface area contributed by atoms with E-state index >= 15 is 0 Å². The first kappa shape index (κ1) is 19.7. The minimum atomic E-state index is -4.51. The van der Waals surface area contributed by atoms with E-state index < -0.39 is 17.8 Å². The molecule has 0 radical (unpaired) electrons. The van der Waals surface area contributed by atoms with Crippen LogP contribution in [0.5, 0.6) is 0 Å². The molecule has 1 aromatic carbocycles. The van der Waals surface area contributed by atoms with Crippen LogP contribution in [-0.2, 0) is 6.18 Å². The zero-order valence-corrected chi connectivity index (χ0v) is 16.1. The minimum Gasteiger partial charge on any atom is -0.321 e. The molecule has 0 saturated heterocycles. The number of rotatable bonds is 4. The molecule has 1 amide bonds. The molecule has 11 heteroatoms. The van der Waals surface area contributed by atoms with Gasteiger partial charge in [0.25, 0.3) is 5.91 Å². The van der Waals surface area contributed by atoms with Crippen LogP contribution in [0.15, 0.2) is 36.5 Å². The van der Waals surface area contributed by atoms with E-state index in [1.807, 2.05) is 0 Å². The van der Waals surface area contributed by atoms with Gasteiger partial charge in [-0.05, 0) is 43.2 Å². The summed E-state index contributed by atoms with van der Waals surface area (Å²) in [7, 11) is 0. The number of hydrogen-bond donors (Lipinski definition) is 1. The van der Waals surface area contributed by atoms with Gasteiger partial charge in [-0.15, -0.1) is 0 Å². The molecule has 0 aliphatic heterocycles. The number of aromatic nitrogens is 4. The summed E-state index contributed by atoms with van der Waals surface area (Å²) in [6.45, 7) is 0. The molecule has 2 heterocycles. The number of carbonyl (C=O) groups is 1. The zero-order chi connectivity index (χ0) is 20.8. The number of hydrogen-bond acceptors (Lipinski definition) is 4. The molecule has 1 saturated carbocycles. The fourth-order valence-corrected chi connectivity index (χ4v) is 3.19. The molecule has 150 valence electrons. The van der Waals surface area contributed by atoms with E-state index in [4.69, 9.17) is 23.2 Å². The van der Waals surface area contributed by atoms with Gasteiger partial charge in [-0.2, -0.15) is 18.3 Å². The molecule has 1 N–H and O–H groups in total. The van der Waals surface area contributed by atoms with Crippen LogP contribution in [0.4, 0.5) is 18.9 Å². The van der Waals surface area contributed by atoms with E-state index in [0.29, 0.717) is 17.1 Å². The summed E-state index contributed by atoms with van der Waals surface area (Å²) >= 11 is 11.5. The Hall–Kier alpha value is -2.65. The maximum atomic E-state index is 13.1. The van der Waals surface area contributed by atoms with Crippen molar-refractivity contribution in [2.24, 2.45) is 0 Å². The number of carbonyl (C=O) groups excluding carboxylic acids is 1. The largest absolute Gasteiger partial charge is 0.435 e. The van der Waals surface area contributed by atoms with Crippen molar-refractivity contribution in [2.75, 3.05) is 5.32 Å². The van der Waals surface area contributed by atoms with Crippen molar-refractivity contribution in [3.05, 3.63) is 63.9 Å². The third-order valence-corrected chi connectivity index (χ3v) is 4.75. The first-order valence-electron chi connectivity index (χ1n) is 8.49. The summed E-state index contributed by atoms with van der Waals surface area (Å²) in [4.78, 5) is 19.9. The summed E-state index contributed by atoms with van der Waals surface area (Å²) in [5, 5.41) is 6.24. The van der Waals surface area contributed by atoms with Crippen molar-refractivity contribution in [2.45, 2.75) is 24.9 Å². The number of halogens is 5. The second-order valence-electron chi connectivity index (χ2n) is 6.47. The molecule has 0 spiro atoms. The normalized spacial score (nSPS) is 14.1. The average Bonchev–Trinajstić information content (AvgIpc) is 3.39. The summed E-state index contributed by atoms with van der Waals surface area (Å²) in [6, 6.07) is 7.34. The van der Waals surface area contributed by atoms with Crippen molar-refractivity contribution >= 4 is 34.8 Å². The smallest absolute Gasteiger partial charge is 0.321 e. The maximum Gasteiger partial charge on any atom is 0.435 e. The standard InChI is InChI=1S/C18H12Cl2F3N5O/c19-14-8-24-15(16(20)26-14)17(29)25-10-3-5-11(6-4-10)28-12(9-1-2-9)7-13(27-28)18(21,22)23/h3-9H,1-2H2,(H,25,29). The van der Waals surface area contributed by atoms with Gasteiger partial charge < -0.3 is 5.32 Å². The third-order valence-electron chi connectivity index (χ3n) is 4.31. The quantitative estimate of drug-likeness (QED) is 0.609. The van der Waals surface area contributed by atoms with Crippen LogP contribution in [0.3, 0.4) is 0 Å². The van der Waals surface area contributed by atoms with Crippen molar-refractivity contribution in [1.29, 1.82) is 0 Å². The van der Waals surface area contributed by atoms with Crippen LogP contribution < -0.4 is 5.32 Å². The number of anilines is 1. The molecule has 1 fully saturated rings. The summed E-state index contributed by atoms with van der Waals surface area (Å²) < 4.78 is 40.5. The highest BCUT2D eigenvalue weighted by atomic mass is 35.5. The summed E-state index contributed by atoms with van der Waals surface area (Å²) in [6.07, 6.45) is -1.65. The molecule has 1 aliphatic carbocycles. The molecule has 4 rings (SSSR count). The van der Waals surface area contributed by atoms with E-state index in [-0.39, 0.29) is 21.9 Å². The molecule has 0 atom stereocenters. The topological polar surface area (TPSA) is 72.7 Å². The number of nitrogens with one attached hydrogen (secondary N) is 1. The van der Waals surface area contributed by atoms with Gasteiger partial charge in [0.05, 0.1) is 11.9 Å². The van der Waals surface area contributed by atoms with Crippen molar-refractivity contribution in [3.8, 4) is 5.69 Å². The van der Waals surface area contributed by atoms with Gasteiger partial charge in [-0.3, -0.25) is 4.79 Å². The number of amides is 1. The minimum absolute atomic E-state index is 0.0554. The van der Waals surface area contributed by atoms with Gasteiger partial charge in [0.2, 0.25) is 0 Å². The Labute approximate surface area is 172 Å². The molecule has 29 heavy (non-hydrogen) atoms. The van der Waals surface area contributed by atoms with Crippen molar-refractivity contribution in [1.82, 2.24) is 19.7 Å². The summed E-state index contributed by atoms with van der Waals surface area (Å²) in [5.41, 5.74) is 0.371. The Kier molecular flexibility index (Phi) is 4.95. The van der Waals surface area contributed by atoms with Gasteiger partial charge in [-0.25, -0.2) is 14.6 Å². The lowest BCUT2D eigenvalue weighted by Gasteiger charge is -2.09. The fraction of sp³-hybridized carbons (Fsp3) is 0.222.